The molecule has 3 saturated carbocycles. The SMILES string of the molecule is CCCCCCCCCCC(=O)OCC12CC3C(C)CCC3C3(C=O)CC1C=C(C(C)C)C32C(=O)O. The first-order valence-electron chi connectivity index (χ1n) is 14.8. The van der Waals surface area contributed by atoms with Crippen molar-refractivity contribution in [1.82, 2.24) is 0 Å². The van der Waals surface area contributed by atoms with E-state index in [4.69, 9.17) is 4.74 Å². The largest absolute Gasteiger partial charge is 0.481 e. The predicted molar refractivity (Wildman–Crippen MR) is 140 cm³/mol. The number of esters is 1. The summed E-state index contributed by atoms with van der Waals surface area (Å²) in [5.41, 5.74) is -1.97. The van der Waals surface area contributed by atoms with Crippen LogP contribution in [0.3, 0.4) is 0 Å². The number of rotatable bonds is 14. The number of hydrogen-bond donors (Lipinski definition) is 1. The smallest absolute Gasteiger partial charge is 0.315 e. The molecule has 5 nitrogen and oxygen atoms in total. The quantitative estimate of drug-likeness (QED) is 0.120. The molecule has 1 N–H and O–H groups in total. The van der Waals surface area contributed by atoms with Gasteiger partial charge in [0.05, 0.1) is 12.0 Å². The third-order valence-corrected chi connectivity index (χ3v) is 10.8. The second-order valence-electron chi connectivity index (χ2n) is 12.9. The number of carbonyl (C=O) groups excluding carboxylic acids is 2. The minimum Gasteiger partial charge on any atom is -0.481 e. The van der Waals surface area contributed by atoms with Crippen molar-refractivity contribution in [3.8, 4) is 0 Å². The number of carbonyl (C=O) groups is 3. The van der Waals surface area contributed by atoms with E-state index in [9.17, 15) is 19.5 Å². The molecule has 7 unspecified atom stereocenters. The summed E-state index contributed by atoms with van der Waals surface area (Å²) in [5.74, 6) is -0.196. The summed E-state index contributed by atoms with van der Waals surface area (Å²) in [5, 5.41) is 11.0. The van der Waals surface area contributed by atoms with E-state index in [1.54, 1.807) is 0 Å². The van der Waals surface area contributed by atoms with Gasteiger partial charge in [-0.25, -0.2) is 0 Å². The van der Waals surface area contributed by atoms with E-state index in [0.29, 0.717) is 24.7 Å². The van der Waals surface area contributed by atoms with Crippen LogP contribution in [0.15, 0.2) is 11.6 Å². The summed E-state index contributed by atoms with van der Waals surface area (Å²) >= 11 is 0. The Morgan fingerprint density at radius 3 is 2.36 bits per heavy atom. The Balaban J connectivity index is 1.50. The molecule has 0 radical (unpaired) electrons. The lowest BCUT2D eigenvalue weighted by atomic mass is 9.43. The van der Waals surface area contributed by atoms with Crippen LogP contribution in [-0.4, -0.2) is 29.9 Å². The Hall–Kier alpha value is -1.65. The Morgan fingerprint density at radius 2 is 1.75 bits per heavy atom. The van der Waals surface area contributed by atoms with Gasteiger partial charge in [0.2, 0.25) is 0 Å². The number of carboxylic acids is 1. The lowest BCUT2D eigenvalue weighted by Gasteiger charge is -2.58. The van der Waals surface area contributed by atoms with E-state index in [1.807, 2.05) is 13.8 Å². The Bertz CT molecular complexity index is 876. The van der Waals surface area contributed by atoms with Gasteiger partial charge in [-0.2, -0.15) is 0 Å². The molecule has 0 spiro atoms. The first-order valence-corrected chi connectivity index (χ1v) is 14.8. The van der Waals surface area contributed by atoms with Gasteiger partial charge in [0, 0.05) is 11.8 Å². The van der Waals surface area contributed by atoms with E-state index in [2.05, 4.69) is 19.9 Å². The number of unbranched alkanes of at least 4 members (excludes halogenated alkanes) is 7. The van der Waals surface area contributed by atoms with Crippen LogP contribution in [0, 0.1) is 45.8 Å². The van der Waals surface area contributed by atoms with Crippen LogP contribution in [0.25, 0.3) is 0 Å². The monoisotopic (exact) mass is 500 g/mol. The van der Waals surface area contributed by atoms with E-state index in [-0.39, 0.29) is 30.3 Å². The summed E-state index contributed by atoms with van der Waals surface area (Å²) in [4.78, 5) is 39.3. The number of aliphatic carboxylic acids is 1. The van der Waals surface area contributed by atoms with Crippen LogP contribution in [0.5, 0.6) is 0 Å². The van der Waals surface area contributed by atoms with Crippen molar-refractivity contribution in [2.45, 2.75) is 111 Å². The molecular formula is C31H48O5. The first kappa shape index (κ1) is 27.4. The van der Waals surface area contributed by atoms with E-state index < -0.39 is 22.2 Å². The Kier molecular flexibility index (Phi) is 8.07. The Morgan fingerprint density at radius 1 is 1.08 bits per heavy atom. The van der Waals surface area contributed by atoms with E-state index in [0.717, 1.165) is 50.4 Å². The highest BCUT2D eigenvalue weighted by atomic mass is 16.5. The highest BCUT2D eigenvalue weighted by molar-refractivity contribution is 5.90. The van der Waals surface area contributed by atoms with Crippen LogP contribution in [-0.2, 0) is 19.1 Å². The summed E-state index contributed by atoms with van der Waals surface area (Å²) < 4.78 is 5.97. The zero-order valence-electron chi connectivity index (χ0n) is 23.0. The van der Waals surface area contributed by atoms with E-state index >= 15 is 0 Å². The van der Waals surface area contributed by atoms with Crippen LogP contribution in [0.4, 0.5) is 0 Å². The fourth-order valence-electron chi connectivity index (χ4n) is 9.32. The molecule has 0 aromatic rings. The maximum Gasteiger partial charge on any atom is 0.315 e. The molecule has 0 aromatic heterocycles. The van der Waals surface area contributed by atoms with Crippen LogP contribution in [0.2, 0.25) is 0 Å². The fourth-order valence-corrected chi connectivity index (χ4v) is 9.32. The second kappa shape index (κ2) is 10.6. The van der Waals surface area contributed by atoms with Crippen molar-refractivity contribution in [1.29, 1.82) is 0 Å². The molecule has 0 heterocycles. The summed E-state index contributed by atoms with van der Waals surface area (Å²) in [7, 11) is 0. The number of allylic oxidation sites excluding steroid dienone is 1. The molecule has 4 bridgehead atoms. The molecular weight excluding hydrogens is 452 g/mol. The highest BCUT2D eigenvalue weighted by Gasteiger charge is 2.84. The van der Waals surface area contributed by atoms with Gasteiger partial charge in [-0.3, -0.25) is 9.59 Å². The molecule has 0 amide bonds. The minimum atomic E-state index is -1.26. The maximum atomic E-state index is 13.4. The van der Waals surface area contributed by atoms with Crippen molar-refractivity contribution in [3.63, 3.8) is 0 Å². The third-order valence-electron chi connectivity index (χ3n) is 10.8. The standard InChI is InChI=1S/C31H48O5/c1-5-6-7-8-9-10-11-12-13-27(33)36-20-30-18-24-22(4)14-15-25(24)29(19-32)17-23(30)16-26(21(2)3)31(29,30)28(34)35/h16,19,21-25H,5-15,17-18,20H2,1-4H3,(H,34,35). The van der Waals surface area contributed by atoms with Gasteiger partial charge in [-0.1, -0.05) is 90.7 Å². The van der Waals surface area contributed by atoms with Gasteiger partial charge >= 0.3 is 11.9 Å². The van der Waals surface area contributed by atoms with Crippen LogP contribution in [0.1, 0.15) is 111 Å². The molecule has 3 fully saturated rings. The van der Waals surface area contributed by atoms with Crippen molar-refractivity contribution in [3.05, 3.63) is 11.6 Å². The molecule has 4 rings (SSSR count). The van der Waals surface area contributed by atoms with Gasteiger partial charge in [-0.05, 0) is 55.3 Å². The van der Waals surface area contributed by atoms with Crippen LogP contribution >= 0.6 is 0 Å². The average molecular weight is 501 g/mol. The van der Waals surface area contributed by atoms with Crippen molar-refractivity contribution in [2.75, 3.05) is 6.61 Å². The highest BCUT2D eigenvalue weighted by Crippen LogP contribution is 2.82. The van der Waals surface area contributed by atoms with Crippen molar-refractivity contribution < 1.29 is 24.2 Å². The molecule has 4 aliphatic rings. The predicted octanol–water partition coefficient (Wildman–Crippen LogP) is 6.99. The van der Waals surface area contributed by atoms with Crippen LogP contribution < -0.4 is 0 Å². The average Bonchev–Trinajstić information content (AvgIpc) is 3.42. The van der Waals surface area contributed by atoms with E-state index in [1.165, 1.54) is 32.1 Å². The molecule has 0 saturated heterocycles. The molecule has 7 atom stereocenters. The van der Waals surface area contributed by atoms with Gasteiger partial charge in [0.15, 0.2) is 0 Å². The zero-order valence-corrected chi connectivity index (χ0v) is 23.0. The topological polar surface area (TPSA) is 80.7 Å². The fraction of sp³-hybridized carbons (Fsp3) is 0.839. The van der Waals surface area contributed by atoms with Gasteiger partial charge in [0.1, 0.15) is 11.7 Å². The number of aldehydes is 1. The van der Waals surface area contributed by atoms with Crippen molar-refractivity contribution >= 4 is 18.2 Å². The Labute approximate surface area is 217 Å². The summed E-state index contributed by atoms with van der Waals surface area (Å²) in [6.45, 7) is 8.68. The third kappa shape index (κ3) is 3.89. The van der Waals surface area contributed by atoms with Gasteiger partial charge in [0.25, 0.3) is 0 Å². The molecule has 5 heteroatoms. The zero-order chi connectivity index (χ0) is 26.1. The lowest BCUT2D eigenvalue weighted by Crippen LogP contribution is -2.63. The normalized spacial score (nSPS) is 38.2. The second-order valence-corrected chi connectivity index (χ2v) is 12.9. The van der Waals surface area contributed by atoms with Crippen molar-refractivity contribution in [2.24, 2.45) is 45.8 Å². The molecule has 36 heavy (non-hydrogen) atoms. The number of fused-ring (bicyclic) bond motifs is 2. The maximum absolute atomic E-state index is 13.4. The lowest BCUT2D eigenvalue weighted by molar-refractivity contribution is -0.189. The number of carboxylic acid groups (broad SMARTS) is 1. The minimum absolute atomic E-state index is 0.0232. The molecule has 4 aliphatic carbocycles. The molecule has 0 aromatic carbocycles. The summed E-state index contributed by atoms with van der Waals surface area (Å²) in [6.07, 6.45) is 16.2. The molecule has 0 aliphatic heterocycles. The molecule has 202 valence electrons. The number of ether oxygens (including phenoxy) is 1. The summed E-state index contributed by atoms with van der Waals surface area (Å²) in [6, 6.07) is 0. The van der Waals surface area contributed by atoms with Gasteiger partial charge in [-0.15, -0.1) is 0 Å². The van der Waals surface area contributed by atoms with Gasteiger partial charge < -0.3 is 14.6 Å². The first-order chi connectivity index (χ1) is 17.2. The number of hydrogen-bond acceptors (Lipinski definition) is 4.